The fourth-order valence-corrected chi connectivity index (χ4v) is 5.12. The van der Waals surface area contributed by atoms with Crippen LogP contribution in [0, 0.1) is 0 Å². The van der Waals surface area contributed by atoms with E-state index < -0.39 is 11.7 Å². The van der Waals surface area contributed by atoms with E-state index in [2.05, 4.69) is 79.4 Å². The highest BCUT2D eigenvalue weighted by molar-refractivity contribution is 5.74. The maximum atomic E-state index is 11.2. The molecule has 3 aromatic rings. The Hall–Kier alpha value is -3.37. The number of carboxylic acid groups (broad SMARTS) is 1. The minimum Gasteiger partial charge on any atom is -0.481 e. The molecule has 1 atom stereocenters. The number of nitrogens with zero attached hydrogens (tertiary/aromatic N) is 1. The number of hydrogen-bond acceptors (Lipinski definition) is 3. The van der Waals surface area contributed by atoms with Crippen LogP contribution < -0.4 is 4.90 Å². The average molecular weight is 426 g/mol. The van der Waals surface area contributed by atoms with Gasteiger partial charge in [-0.05, 0) is 40.0 Å². The predicted octanol–water partition coefficient (Wildman–Crippen LogP) is 5.52. The number of ether oxygens (including phenoxy) is 1. The number of rotatable bonds is 5. The van der Waals surface area contributed by atoms with Crippen molar-refractivity contribution in [2.75, 3.05) is 18.1 Å². The van der Waals surface area contributed by atoms with Crippen molar-refractivity contribution >= 4 is 17.7 Å². The monoisotopic (exact) mass is 425 g/mol. The number of carbonyl (C=O) groups is 1. The molecule has 1 N–H and O–H groups in total. The molecule has 1 unspecified atom stereocenters. The Labute approximate surface area is 188 Å². The summed E-state index contributed by atoms with van der Waals surface area (Å²) in [6.07, 6.45) is 4.34. The molecule has 0 radical (unpaired) electrons. The quantitative estimate of drug-likeness (QED) is 0.585. The van der Waals surface area contributed by atoms with Crippen LogP contribution in [0.4, 0.5) is 5.69 Å². The van der Waals surface area contributed by atoms with Crippen molar-refractivity contribution in [1.29, 1.82) is 0 Å². The molecule has 0 aliphatic carbocycles. The molecule has 0 saturated carbocycles. The van der Waals surface area contributed by atoms with Gasteiger partial charge in [-0.25, -0.2) is 0 Å². The van der Waals surface area contributed by atoms with Crippen molar-refractivity contribution in [3.63, 3.8) is 0 Å². The Morgan fingerprint density at radius 3 is 2.47 bits per heavy atom. The van der Waals surface area contributed by atoms with Crippen LogP contribution in [0.2, 0.25) is 0 Å². The first-order valence-corrected chi connectivity index (χ1v) is 11.0. The summed E-state index contributed by atoms with van der Waals surface area (Å²) in [5.74, 6) is -0.814. The lowest BCUT2D eigenvalue weighted by atomic mass is 9.76. The topological polar surface area (TPSA) is 49.8 Å². The second kappa shape index (κ2) is 7.64. The molecule has 5 rings (SSSR count). The Balaban J connectivity index is 1.47. The highest BCUT2D eigenvalue weighted by Gasteiger charge is 2.59. The first-order chi connectivity index (χ1) is 15.4. The van der Waals surface area contributed by atoms with E-state index in [-0.39, 0.29) is 11.8 Å². The minimum atomic E-state index is -0.814. The molecule has 2 heterocycles. The maximum absolute atomic E-state index is 11.2. The molecule has 1 fully saturated rings. The van der Waals surface area contributed by atoms with E-state index in [1.807, 2.05) is 24.3 Å². The molecule has 0 spiro atoms. The fourth-order valence-electron chi connectivity index (χ4n) is 5.12. The summed E-state index contributed by atoms with van der Waals surface area (Å²) in [6, 6.07) is 24.9. The van der Waals surface area contributed by atoms with Crippen molar-refractivity contribution in [3.8, 4) is 11.1 Å². The number of benzene rings is 3. The van der Waals surface area contributed by atoms with Gasteiger partial charge in [-0.15, -0.1) is 0 Å². The van der Waals surface area contributed by atoms with Gasteiger partial charge in [-0.3, -0.25) is 4.79 Å². The molecular weight excluding hydrogens is 398 g/mol. The van der Waals surface area contributed by atoms with Crippen molar-refractivity contribution in [3.05, 3.63) is 95.6 Å². The smallest absolute Gasteiger partial charge is 0.307 e. The average Bonchev–Trinajstić information content (AvgIpc) is 3.30. The second-order valence-electron chi connectivity index (χ2n) is 9.06. The Morgan fingerprint density at radius 2 is 1.75 bits per heavy atom. The SMILES string of the molecule is CC1(C)c2cc(CC(=O)O)ccc2N2CCOC21/C=C/c1ccc(-c2ccccc2)cc1. The van der Waals surface area contributed by atoms with E-state index in [4.69, 9.17) is 4.74 Å². The number of carboxylic acids is 1. The van der Waals surface area contributed by atoms with E-state index in [9.17, 15) is 9.90 Å². The lowest BCUT2D eigenvalue weighted by Gasteiger charge is -2.39. The highest BCUT2D eigenvalue weighted by atomic mass is 16.5. The van der Waals surface area contributed by atoms with Gasteiger partial charge in [0, 0.05) is 17.6 Å². The van der Waals surface area contributed by atoms with Gasteiger partial charge in [0.15, 0.2) is 5.72 Å². The number of hydrogen-bond donors (Lipinski definition) is 1. The third-order valence-electron chi connectivity index (χ3n) is 6.83. The summed E-state index contributed by atoms with van der Waals surface area (Å²) in [7, 11) is 0. The van der Waals surface area contributed by atoms with E-state index in [1.165, 1.54) is 11.1 Å². The molecule has 2 aliphatic heterocycles. The van der Waals surface area contributed by atoms with Gasteiger partial charge in [0.05, 0.1) is 13.0 Å². The van der Waals surface area contributed by atoms with Crippen molar-refractivity contribution in [1.82, 2.24) is 0 Å². The zero-order valence-corrected chi connectivity index (χ0v) is 18.4. The summed E-state index contributed by atoms with van der Waals surface area (Å²) >= 11 is 0. The Morgan fingerprint density at radius 1 is 1.03 bits per heavy atom. The molecule has 162 valence electrons. The van der Waals surface area contributed by atoms with Gasteiger partial charge in [0.25, 0.3) is 0 Å². The van der Waals surface area contributed by atoms with Crippen LogP contribution in [0.3, 0.4) is 0 Å². The van der Waals surface area contributed by atoms with Crippen molar-refractivity contribution in [2.45, 2.75) is 31.4 Å². The zero-order chi connectivity index (χ0) is 22.3. The first kappa shape index (κ1) is 20.5. The summed E-state index contributed by atoms with van der Waals surface area (Å²) in [5.41, 5.74) is 5.69. The van der Waals surface area contributed by atoms with E-state index >= 15 is 0 Å². The molecule has 0 aromatic heterocycles. The van der Waals surface area contributed by atoms with Gasteiger partial charge < -0.3 is 14.7 Å². The summed E-state index contributed by atoms with van der Waals surface area (Å²) < 4.78 is 6.42. The van der Waals surface area contributed by atoms with Gasteiger partial charge in [0.2, 0.25) is 0 Å². The van der Waals surface area contributed by atoms with Gasteiger partial charge in [-0.2, -0.15) is 0 Å². The summed E-state index contributed by atoms with van der Waals surface area (Å²) in [5, 5.41) is 9.21. The summed E-state index contributed by atoms with van der Waals surface area (Å²) in [4.78, 5) is 13.5. The lowest BCUT2D eigenvalue weighted by molar-refractivity contribution is -0.136. The predicted molar refractivity (Wildman–Crippen MR) is 128 cm³/mol. The molecule has 0 amide bonds. The highest BCUT2D eigenvalue weighted by Crippen LogP contribution is 2.55. The zero-order valence-electron chi connectivity index (χ0n) is 18.4. The third kappa shape index (κ3) is 3.23. The summed E-state index contributed by atoms with van der Waals surface area (Å²) in [6.45, 7) is 5.85. The molecule has 4 heteroatoms. The standard InChI is InChI=1S/C28H27NO3/c1-27(2)24-18-21(19-26(30)31)10-13-25(24)29-16-17-32-28(27,29)15-14-20-8-11-23(12-9-20)22-6-4-3-5-7-22/h3-15,18H,16-17,19H2,1-2H3,(H,30,31)/b15-14+. The Kier molecular flexibility index (Phi) is 4.90. The molecule has 1 saturated heterocycles. The molecule has 0 bridgehead atoms. The van der Waals surface area contributed by atoms with Crippen LogP contribution >= 0.6 is 0 Å². The van der Waals surface area contributed by atoms with Gasteiger partial charge in [0.1, 0.15) is 0 Å². The number of fused-ring (bicyclic) bond motifs is 3. The van der Waals surface area contributed by atoms with Crippen molar-refractivity contribution < 1.29 is 14.6 Å². The number of anilines is 1. The van der Waals surface area contributed by atoms with Crippen LogP contribution in [0.5, 0.6) is 0 Å². The van der Waals surface area contributed by atoms with Gasteiger partial charge >= 0.3 is 5.97 Å². The normalized spacial score (nSPS) is 21.0. The largest absolute Gasteiger partial charge is 0.481 e. The lowest BCUT2D eigenvalue weighted by Crippen LogP contribution is -2.51. The second-order valence-corrected chi connectivity index (χ2v) is 9.06. The van der Waals surface area contributed by atoms with Gasteiger partial charge in [-0.1, -0.05) is 86.7 Å². The van der Waals surface area contributed by atoms with Crippen molar-refractivity contribution in [2.24, 2.45) is 0 Å². The van der Waals surface area contributed by atoms with Crippen LogP contribution in [-0.4, -0.2) is 30.0 Å². The van der Waals surface area contributed by atoms with Crippen LogP contribution in [0.15, 0.2) is 78.9 Å². The molecule has 2 aliphatic rings. The fraction of sp³-hybridized carbons (Fsp3) is 0.250. The first-order valence-electron chi connectivity index (χ1n) is 11.0. The maximum Gasteiger partial charge on any atom is 0.307 e. The molecule has 32 heavy (non-hydrogen) atoms. The molecule has 3 aromatic carbocycles. The van der Waals surface area contributed by atoms with E-state index in [1.54, 1.807) is 0 Å². The molecular formula is C28H27NO3. The minimum absolute atomic E-state index is 0.0286. The van der Waals surface area contributed by atoms with Crippen LogP contribution in [-0.2, 0) is 21.4 Å². The van der Waals surface area contributed by atoms with Crippen LogP contribution in [0.25, 0.3) is 17.2 Å². The molecule has 4 nitrogen and oxygen atoms in total. The van der Waals surface area contributed by atoms with E-state index in [0.717, 1.165) is 28.9 Å². The number of aliphatic carboxylic acids is 1. The van der Waals surface area contributed by atoms with Crippen LogP contribution in [0.1, 0.15) is 30.5 Å². The third-order valence-corrected chi connectivity index (χ3v) is 6.83. The van der Waals surface area contributed by atoms with E-state index in [0.29, 0.717) is 6.61 Å². The Bertz CT molecular complexity index is 1180.